The summed E-state index contributed by atoms with van der Waals surface area (Å²) in [5.74, 6) is 0. The number of nitrogens with one attached hydrogen (secondary N) is 1. The van der Waals surface area contributed by atoms with Crippen LogP contribution >= 0.6 is 0 Å². The number of likely N-dealkylation sites (tertiary alicyclic amines) is 1. The lowest BCUT2D eigenvalue weighted by molar-refractivity contribution is 0.236. The minimum absolute atomic E-state index is 0.658. The first kappa shape index (κ1) is 13.4. The van der Waals surface area contributed by atoms with Crippen LogP contribution in [0.25, 0.3) is 0 Å². The lowest BCUT2D eigenvalue weighted by Crippen LogP contribution is -2.28. The summed E-state index contributed by atoms with van der Waals surface area (Å²) in [6, 6.07) is 0.833. The summed E-state index contributed by atoms with van der Waals surface area (Å²) >= 11 is 0. The van der Waals surface area contributed by atoms with Gasteiger partial charge >= 0.3 is 0 Å². The van der Waals surface area contributed by atoms with Crippen LogP contribution in [-0.2, 0) is 0 Å². The van der Waals surface area contributed by atoms with Gasteiger partial charge in [-0.1, -0.05) is 13.8 Å². The zero-order chi connectivity index (χ0) is 12.1. The highest BCUT2D eigenvalue weighted by molar-refractivity contribution is 4.88. The molecule has 0 aliphatic carbocycles. The zero-order valence-corrected chi connectivity index (χ0v) is 11.8. The normalized spacial score (nSPS) is 28.9. The van der Waals surface area contributed by atoms with Crippen molar-refractivity contribution in [3.8, 4) is 0 Å². The molecule has 100 valence electrons. The van der Waals surface area contributed by atoms with Gasteiger partial charge in [0.1, 0.15) is 0 Å². The largest absolute Gasteiger partial charge is 0.314 e. The summed E-state index contributed by atoms with van der Waals surface area (Å²) in [5, 5.41) is 3.60. The highest BCUT2D eigenvalue weighted by Gasteiger charge is 2.34. The van der Waals surface area contributed by atoms with Gasteiger partial charge < -0.3 is 10.2 Å². The molecule has 0 saturated carbocycles. The molecule has 1 atom stereocenters. The van der Waals surface area contributed by atoms with Crippen molar-refractivity contribution in [2.24, 2.45) is 5.41 Å². The number of nitrogens with zero attached hydrogens (tertiary/aromatic N) is 1. The van der Waals surface area contributed by atoms with E-state index in [0.717, 1.165) is 6.04 Å². The Morgan fingerprint density at radius 3 is 2.71 bits per heavy atom. The Bertz CT molecular complexity index is 217. The molecule has 0 aromatic rings. The van der Waals surface area contributed by atoms with Gasteiger partial charge in [-0.05, 0) is 70.0 Å². The van der Waals surface area contributed by atoms with Crippen LogP contribution in [0.4, 0.5) is 0 Å². The van der Waals surface area contributed by atoms with Gasteiger partial charge in [-0.3, -0.25) is 0 Å². The molecule has 2 aliphatic heterocycles. The summed E-state index contributed by atoms with van der Waals surface area (Å²) in [5.41, 5.74) is 0.658. The fourth-order valence-corrected chi connectivity index (χ4v) is 3.61. The molecule has 2 rings (SSSR count). The summed E-state index contributed by atoms with van der Waals surface area (Å²) in [6.45, 7) is 10.0. The van der Waals surface area contributed by atoms with Gasteiger partial charge in [-0.15, -0.1) is 0 Å². The highest BCUT2D eigenvalue weighted by Crippen LogP contribution is 2.36. The molecule has 1 N–H and O–H groups in total. The third-order valence-corrected chi connectivity index (χ3v) is 5.21. The first-order valence-corrected chi connectivity index (χ1v) is 7.74. The van der Waals surface area contributed by atoms with Crippen LogP contribution in [0, 0.1) is 5.41 Å². The second-order valence-corrected chi connectivity index (χ2v) is 6.17. The quantitative estimate of drug-likeness (QED) is 0.765. The van der Waals surface area contributed by atoms with Crippen molar-refractivity contribution in [3.05, 3.63) is 0 Å². The van der Waals surface area contributed by atoms with E-state index in [1.165, 1.54) is 71.1 Å². The highest BCUT2D eigenvalue weighted by atomic mass is 15.2. The summed E-state index contributed by atoms with van der Waals surface area (Å²) in [6.07, 6.45) is 9.75. The minimum atomic E-state index is 0.658. The molecule has 2 heterocycles. The van der Waals surface area contributed by atoms with Gasteiger partial charge in [-0.25, -0.2) is 0 Å². The second kappa shape index (κ2) is 6.19. The molecule has 0 bridgehead atoms. The molecular formula is C15H30N2. The van der Waals surface area contributed by atoms with E-state index in [1.807, 2.05) is 0 Å². The molecule has 2 nitrogen and oxygen atoms in total. The predicted octanol–water partition coefficient (Wildman–Crippen LogP) is 3.03. The van der Waals surface area contributed by atoms with Crippen molar-refractivity contribution in [2.45, 2.75) is 64.8 Å². The lowest BCUT2D eigenvalue weighted by atomic mass is 9.82. The van der Waals surface area contributed by atoms with Crippen molar-refractivity contribution in [2.75, 3.05) is 26.2 Å². The van der Waals surface area contributed by atoms with E-state index in [9.17, 15) is 0 Å². The second-order valence-electron chi connectivity index (χ2n) is 6.17. The van der Waals surface area contributed by atoms with E-state index in [-0.39, 0.29) is 0 Å². The third kappa shape index (κ3) is 3.45. The maximum atomic E-state index is 3.60. The van der Waals surface area contributed by atoms with Gasteiger partial charge in [0.05, 0.1) is 0 Å². The Kier molecular flexibility index (Phi) is 4.87. The molecule has 2 saturated heterocycles. The maximum Gasteiger partial charge on any atom is 0.00680 e. The maximum absolute atomic E-state index is 3.60. The topological polar surface area (TPSA) is 15.3 Å². The van der Waals surface area contributed by atoms with Crippen molar-refractivity contribution in [1.29, 1.82) is 0 Å². The van der Waals surface area contributed by atoms with E-state index in [0.29, 0.717) is 5.41 Å². The number of rotatable bonds is 6. The Hall–Kier alpha value is -0.0800. The standard InChI is InChI=1S/C15H30N2/c1-3-15(4-2)9-12-17(13-15)11-6-8-14-7-5-10-16-14/h14,16H,3-13H2,1-2H3. The number of hydrogen-bond donors (Lipinski definition) is 1. The zero-order valence-electron chi connectivity index (χ0n) is 11.8. The molecular weight excluding hydrogens is 208 g/mol. The smallest absolute Gasteiger partial charge is 0.00680 e. The molecule has 2 fully saturated rings. The lowest BCUT2D eigenvalue weighted by Gasteiger charge is -2.26. The van der Waals surface area contributed by atoms with Crippen LogP contribution in [0.2, 0.25) is 0 Å². The molecule has 0 amide bonds. The van der Waals surface area contributed by atoms with Crippen LogP contribution in [0.5, 0.6) is 0 Å². The van der Waals surface area contributed by atoms with Gasteiger partial charge in [0.25, 0.3) is 0 Å². The first-order valence-electron chi connectivity index (χ1n) is 7.74. The molecule has 1 unspecified atom stereocenters. The average molecular weight is 238 g/mol. The minimum Gasteiger partial charge on any atom is -0.314 e. The van der Waals surface area contributed by atoms with E-state index >= 15 is 0 Å². The molecule has 2 aliphatic rings. The fourth-order valence-electron chi connectivity index (χ4n) is 3.61. The van der Waals surface area contributed by atoms with E-state index < -0.39 is 0 Å². The van der Waals surface area contributed by atoms with Crippen molar-refractivity contribution in [1.82, 2.24) is 10.2 Å². The SMILES string of the molecule is CCC1(CC)CCN(CCCC2CCCN2)C1. The summed E-state index contributed by atoms with van der Waals surface area (Å²) < 4.78 is 0. The Morgan fingerprint density at radius 1 is 1.29 bits per heavy atom. The Labute approximate surface area is 107 Å². The van der Waals surface area contributed by atoms with Crippen LogP contribution in [0.3, 0.4) is 0 Å². The molecule has 2 heteroatoms. The van der Waals surface area contributed by atoms with Gasteiger partial charge in [0.2, 0.25) is 0 Å². The molecule has 0 aromatic carbocycles. The number of hydrogen-bond acceptors (Lipinski definition) is 2. The molecule has 0 radical (unpaired) electrons. The van der Waals surface area contributed by atoms with Crippen LogP contribution in [0.15, 0.2) is 0 Å². The summed E-state index contributed by atoms with van der Waals surface area (Å²) in [4.78, 5) is 2.71. The van der Waals surface area contributed by atoms with Crippen LogP contribution < -0.4 is 5.32 Å². The first-order chi connectivity index (χ1) is 8.28. The van der Waals surface area contributed by atoms with Crippen molar-refractivity contribution >= 4 is 0 Å². The van der Waals surface area contributed by atoms with Crippen molar-refractivity contribution < 1.29 is 0 Å². The Balaban J connectivity index is 1.63. The molecule has 0 spiro atoms. The summed E-state index contributed by atoms with van der Waals surface area (Å²) in [7, 11) is 0. The average Bonchev–Trinajstić information content (AvgIpc) is 2.99. The van der Waals surface area contributed by atoms with Crippen LogP contribution in [-0.4, -0.2) is 37.1 Å². The van der Waals surface area contributed by atoms with E-state index in [1.54, 1.807) is 0 Å². The van der Waals surface area contributed by atoms with Gasteiger partial charge in [0.15, 0.2) is 0 Å². The molecule has 0 aromatic heterocycles. The van der Waals surface area contributed by atoms with Crippen molar-refractivity contribution in [3.63, 3.8) is 0 Å². The molecule has 17 heavy (non-hydrogen) atoms. The fraction of sp³-hybridized carbons (Fsp3) is 1.00. The monoisotopic (exact) mass is 238 g/mol. The third-order valence-electron chi connectivity index (χ3n) is 5.21. The van der Waals surface area contributed by atoms with Gasteiger partial charge in [0, 0.05) is 12.6 Å². The van der Waals surface area contributed by atoms with Crippen LogP contribution in [0.1, 0.15) is 58.8 Å². The van der Waals surface area contributed by atoms with E-state index in [2.05, 4.69) is 24.1 Å². The predicted molar refractivity (Wildman–Crippen MR) is 74.3 cm³/mol. The Morgan fingerprint density at radius 2 is 2.12 bits per heavy atom. The van der Waals surface area contributed by atoms with E-state index in [4.69, 9.17) is 0 Å². The van der Waals surface area contributed by atoms with Gasteiger partial charge in [-0.2, -0.15) is 0 Å².